The van der Waals surface area contributed by atoms with E-state index in [9.17, 15) is 9.59 Å². The summed E-state index contributed by atoms with van der Waals surface area (Å²) < 4.78 is 5.16. The van der Waals surface area contributed by atoms with Crippen molar-refractivity contribution in [1.29, 1.82) is 0 Å². The SMILES string of the molecule is COc1ccc(NCCN2C(=O)NC(c3ccccc3)(c3ccccc3)C2=O)cc1. The number of carbonyl (C=O) groups is 2. The number of amides is 3. The van der Waals surface area contributed by atoms with Gasteiger partial charge in [0.1, 0.15) is 5.75 Å². The average molecular weight is 401 g/mol. The quantitative estimate of drug-likeness (QED) is 0.594. The highest BCUT2D eigenvalue weighted by Crippen LogP contribution is 2.35. The van der Waals surface area contributed by atoms with E-state index < -0.39 is 11.6 Å². The third-order valence-corrected chi connectivity index (χ3v) is 5.27. The number of nitrogens with one attached hydrogen (secondary N) is 2. The molecular weight excluding hydrogens is 378 g/mol. The molecule has 0 atom stereocenters. The molecule has 0 spiro atoms. The summed E-state index contributed by atoms with van der Waals surface area (Å²) >= 11 is 0. The summed E-state index contributed by atoms with van der Waals surface area (Å²) in [6.07, 6.45) is 0. The van der Waals surface area contributed by atoms with Crippen molar-refractivity contribution in [2.24, 2.45) is 0 Å². The molecule has 2 N–H and O–H groups in total. The monoisotopic (exact) mass is 401 g/mol. The van der Waals surface area contributed by atoms with E-state index in [1.54, 1.807) is 7.11 Å². The molecule has 0 bridgehead atoms. The minimum atomic E-state index is -1.22. The number of rotatable bonds is 7. The van der Waals surface area contributed by atoms with Crippen molar-refractivity contribution in [3.8, 4) is 5.75 Å². The molecule has 152 valence electrons. The van der Waals surface area contributed by atoms with Crippen LogP contribution < -0.4 is 15.4 Å². The maximum atomic E-state index is 13.6. The van der Waals surface area contributed by atoms with Crippen LogP contribution in [0.4, 0.5) is 10.5 Å². The molecule has 6 nitrogen and oxygen atoms in total. The first kappa shape index (κ1) is 19.5. The Morgan fingerprint density at radius 3 is 1.97 bits per heavy atom. The van der Waals surface area contributed by atoms with Crippen molar-refractivity contribution in [2.75, 3.05) is 25.5 Å². The van der Waals surface area contributed by atoms with E-state index in [4.69, 9.17) is 4.74 Å². The van der Waals surface area contributed by atoms with Crippen molar-refractivity contribution >= 4 is 17.6 Å². The highest BCUT2D eigenvalue weighted by atomic mass is 16.5. The number of ether oxygens (including phenoxy) is 1. The van der Waals surface area contributed by atoms with Crippen LogP contribution in [0.3, 0.4) is 0 Å². The predicted octanol–water partition coefficient (Wildman–Crippen LogP) is 3.60. The molecule has 1 heterocycles. The van der Waals surface area contributed by atoms with Crippen LogP contribution in [-0.2, 0) is 10.3 Å². The summed E-state index contributed by atoms with van der Waals surface area (Å²) in [4.78, 5) is 27.7. The van der Waals surface area contributed by atoms with Gasteiger partial charge in [-0.3, -0.25) is 9.69 Å². The number of urea groups is 1. The first-order valence-corrected chi connectivity index (χ1v) is 9.78. The van der Waals surface area contributed by atoms with Crippen LogP contribution >= 0.6 is 0 Å². The summed E-state index contributed by atoms with van der Waals surface area (Å²) in [5.74, 6) is 0.492. The topological polar surface area (TPSA) is 70.7 Å². The number of carbonyl (C=O) groups excluding carboxylic acids is 2. The number of benzene rings is 3. The van der Waals surface area contributed by atoms with E-state index in [0.717, 1.165) is 22.6 Å². The minimum absolute atomic E-state index is 0.248. The second kappa shape index (κ2) is 8.29. The number of hydrogen-bond donors (Lipinski definition) is 2. The third-order valence-electron chi connectivity index (χ3n) is 5.27. The maximum Gasteiger partial charge on any atom is 0.325 e. The number of imide groups is 1. The molecule has 1 aliphatic heterocycles. The van der Waals surface area contributed by atoms with Crippen LogP contribution in [0.25, 0.3) is 0 Å². The molecule has 3 aromatic carbocycles. The minimum Gasteiger partial charge on any atom is -0.497 e. The van der Waals surface area contributed by atoms with Gasteiger partial charge in [-0.25, -0.2) is 4.79 Å². The number of anilines is 1. The lowest BCUT2D eigenvalue weighted by atomic mass is 9.82. The van der Waals surface area contributed by atoms with Gasteiger partial charge in [0.15, 0.2) is 5.54 Å². The molecule has 3 aromatic rings. The number of hydrogen-bond acceptors (Lipinski definition) is 4. The second-order valence-corrected chi connectivity index (χ2v) is 7.02. The average Bonchev–Trinajstić information content (AvgIpc) is 3.06. The van der Waals surface area contributed by atoms with E-state index >= 15 is 0 Å². The zero-order valence-electron chi connectivity index (χ0n) is 16.7. The number of nitrogens with zero attached hydrogens (tertiary/aromatic N) is 1. The summed E-state index contributed by atoms with van der Waals surface area (Å²) in [5.41, 5.74) is 1.14. The molecule has 1 aliphatic rings. The first-order valence-electron chi connectivity index (χ1n) is 9.78. The van der Waals surface area contributed by atoms with Crippen LogP contribution in [0.1, 0.15) is 11.1 Å². The molecule has 1 saturated heterocycles. The largest absolute Gasteiger partial charge is 0.497 e. The highest BCUT2D eigenvalue weighted by molar-refractivity contribution is 6.09. The van der Waals surface area contributed by atoms with Gasteiger partial charge in [0.2, 0.25) is 0 Å². The third kappa shape index (κ3) is 3.48. The lowest BCUT2D eigenvalue weighted by Gasteiger charge is -2.28. The second-order valence-electron chi connectivity index (χ2n) is 7.02. The summed E-state index contributed by atoms with van der Waals surface area (Å²) in [6, 6.07) is 25.8. The lowest BCUT2D eigenvalue weighted by Crippen LogP contribution is -2.45. The first-order chi connectivity index (χ1) is 14.6. The lowest BCUT2D eigenvalue weighted by molar-refractivity contribution is -0.130. The van der Waals surface area contributed by atoms with Crippen molar-refractivity contribution in [1.82, 2.24) is 10.2 Å². The number of methoxy groups -OCH3 is 1. The molecular formula is C24H23N3O3. The van der Waals surface area contributed by atoms with Gasteiger partial charge in [0.25, 0.3) is 5.91 Å². The van der Waals surface area contributed by atoms with E-state index in [-0.39, 0.29) is 12.5 Å². The zero-order valence-corrected chi connectivity index (χ0v) is 16.7. The van der Waals surface area contributed by atoms with Crippen molar-refractivity contribution in [3.05, 3.63) is 96.1 Å². The van der Waals surface area contributed by atoms with Gasteiger partial charge in [-0.15, -0.1) is 0 Å². The van der Waals surface area contributed by atoms with Crippen molar-refractivity contribution < 1.29 is 14.3 Å². The molecule has 0 aliphatic carbocycles. The van der Waals surface area contributed by atoms with Crippen LogP contribution in [-0.4, -0.2) is 37.0 Å². The van der Waals surface area contributed by atoms with Gasteiger partial charge in [0.05, 0.1) is 7.11 Å². The van der Waals surface area contributed by atoms with Crippen molar-refractivity contribution in [3.63, 3.8) is 0 Å². The molecule has 4 rings (SSSR count). The molecule has 30 heavy (non-hydrogen) atoms. The molecule has 1 fully saturated rings. The van der Waals surface area contributed by atoms with Gasteiger partial charge in [-0.05, 0) is 35.4 Å². The summed E-state index contributed by atoms with van der Waals surface area (Å²) in [7, 11) is 1.62. The van der Waals surface area contributed by atoms with Crippen LogP contribution in [0.2, 0.25) is 0 Å². The highest BCUT2D eigenvalue weighted by Gasteiger charge is 2.53. The Morgan fingerprint density at radius 2 is 1.43 bits per heavy atom. The Kier molecular flexibility index (Phi) is 5.39. The molecule has 0 unspecified atom stereocenters. The Morgan fingerprint density at radius 1 is 0.867 bits per heavy atom. The van der Waals surface area contributed by atoms with Crippen LogP contribution in [0.5, 0.6) is 5.75 Å². The maximum absolute atomic E-state index is 13.6. The van der Waals surface area contributed by atoms with E-state index in [2.05, 4.69) is 10.6 Å². The van der Waals surface area contributed by atoms with Gasteiger partial charge >= 0.3 is 6.03 Å². The Bertz CT molecular complexity index is 981. The van der Waals surface area contributed by atoms with Gasteiger partial charge in [-0.2, -0.15) is 0 Å². The van der Waals surface area contributed by atoms with Crippen molar-refractivity contribution in [2.45, 2.75) is 5.54 Å². The molecule has 0 radical (unpaired) electrons. The van der Waals surface area contributed by atoms with E-state index in [1.807, 2.05) is 84.9 Å². The fourth-order valence-electron chi connectivity index (χ4n) is 3.73. The predicted molar refractivity (Wildman–Crippen MR) is 115 cm³/mol. The van der Waals surface area contributed by atoms with E-state index in [0.29, 0.717) is 6.54 Å². The zero-order chi connectivity index (χ0) is 21.0. The Balaban J connectivity index is 1.56. The Hall–Kier alpha value is -3.80. The molecule has 0 saturated carbocycles. The van der Waals surface area contributed by atoms with Gasteiger partial charge in [0, 0.05) is 18.8 Å². The van der Waals surface area contributed by atoms with Gasteiger partial charge < -0.3 is 15.4 Å². The summed E-state index contributed by atoms with van der Waals surface area (Å²) in [6.45, 7) is 0.684. The normalized spacial score (nSPS) is 15.0. The van der Waals surface area contributed by atoms with Crippen LogP contribution in [0.15, 0.2) is 84.9 Å². The Labute approximate surface area is 175 Å². The summed E-state index contributed by atoms with van der Waals surface area (Å²) in [5, 5.41) is 6.20. The molecule has 3 amide bonds. The smallest absolute Gasteiger partial charge is 0.325 e. The van der Waals surface area contributed by atoms with Crippen LogP contribution in [0, 0.1) is 0 Å². The standard InChI is InChI=1S/C24H23N3O3/c1-30-21-14-12-20(13-15-21)25-16-17-27-22(28)24(26-23(27)29,18-8-4-2-5-9-18)19-10-6-3-7-11-19/h2-15,25H,16-17H2,1H3,(H,26,29). The fourth-order valence-corrected chi connectivity index (χ4v) is 3.73. The fraction of sp³-hybridized carbons (Fsp3) is 0.167. The molecule has 0 aromatic heterocycles. The molecule has 6 heteroatoms. The van der Waals surface area contributed by atoms with E-state index in [1.165, 1.54) is 4.90 Å². The van der Waals surface area contributed by atoms with Gasteiger partial charge in [-0.1, -0.05) is 60.7 Å².